The molecule has 1 aromatic heterocycles. The Morgan fingerprint density at radius 1 is 1.50 bits per heavy atom. The number of nitrogens with two attached hydrogens (primary N) is 1. The van der Waals surface area contributed by atoms with Gasteiger partial charge in [-0.2, -0.15) is 0 Å². The van der Waals surface area contributed by atoms with Crippen LogP contribution in [-0.2, 0) is 6.54 Å². The maximum atomic E-state index is 6.18. The monoisotopic (exact) mass is 239 g/mol. The van der Waals surface area contributed by atoms with Gasteiger partial charge in [0, 0.05) is 24.0 Å². The van der Waals surface area contributed by atoms with E-state index >= 15 is 0 Å². The maximum absolute atomic E-state index is 6.18. The normalized spacial score (nSPS) is 26.2. The van der Waals surface area contributed by atoms with Crippen LogP contribution in [0.25, 0.3) is 0 Å². The molecule has 1 aromatic rings. The highest BCUT2D eigenvalue weighted by molar-refractivity contribution is 7.09. The molecule has 1 saturated carbocycles. The topological polar surface area (TPSA) is 42.2 Å². The number of hydrogen-bond acceptors (Lipinski definition) is 4. The molecule has 16 heavy (non-hydrogen) atoms. The molecule has 3 nitrogen and oxygen atoms in total. The van der Waals surface area contributed by atoms with Crippen LogP contribution in [0, 0.1) is 6.92 Å². The molecular weight excluding hydrogens is 218 g/mol. The average Bonchev–Trinajstić information content (AvgIpc) is 2.64. The van der Waals surface area contributed by atoms with Crippen LogP contribution in [0.15, 0.2) is 5.38 Å². The fourth-order valence-corrected chi connectivity index (χ4v) is 3.14. The highest BCUT2D eigenvalue weighted by atomic mass is 32.1. The minimum atomic E-state index is 0.346. The lowest BCUT2D eigenvalue weighted by atomic mass is 9.90. The summed E-state index contributed by atoms with van der Waals surface area (Å²) in [6.45, 7) is 2.99. The second-order valence-electron chi connectivity index (χ2n) is 4.79. The van der Waals surface area contributed by atoms with Crippen molar-refractivity contribution in [3.63, 3.8) is 0 Å². The van der Waals surface area contributed by atoms with Crippen molar-refractivity contribution in [3.8, 4) is 0 Å². The van der Waals surface area contributed by atoms with Crippen molar-refractivity contribution in [3.05, 3.63) is 16.1 Å². The van der Waals surface area contributed by atoms with Gasteiger partial charge in [0.1, 0.15) is 0 Å². The molecule has 0 spiro atoms. The molecule has 2 atom stereocenters. The molecule has 0 radical (unpaired) electrons. The standard InChI is InChI=1S/C12H21N3S/c1-9-14-10(8-16-9)7-15(2)12-6-4-3-5-11(12)13/h8,11-12H,3-7,13H2,1-2H3. The summed E-state index contributed by atoms with van der Waals surface area (Å²) in [7, 11) is 2.17. The molecule has 0 bridgehead atoms. The zero-order chi connectivity index (χ0) is 11.5. The van der Waals surface area contributed by atoms with Gasteiger partial charge in [-0.25, -0.2) is 4.98 Å². The molecule has 0 aliphatic heterocycles. The van der Waals surface area contributed by atoms with Gasteiger partial charge in [0.2, 0.25) is 0 Å². The minimum Gasteiger partial charge on any atom is -0.326 e. The molecule has 90 valence electrons. The minimum absolute atomic E-state index is 0.346. The predicted octanol–water partition coefficient (Wildman–Crippen LogP) is 2.15. The molecule has 0 saturated heterocycles. The van der Waals surface area contributed by atoms with Crippen molar-refractivity contribution < 1.29 is 0 Å². The fourth-order valence-electron chi connectivity index (χ4n) is 2.54. The Labute approximate surface area is 102 Å². The number of aromatic nitrogens is 1. The van der Waals surface area contributed by atoms with Crippen molar-refractivity contribution in [2.75, 3.05) is 7.05 Å². The molecule has 1 aliphatic rings. The van der Waals surface area contributed by atoms with Crippen LogP contribution in [0.5, 0.6) is 0 Å². The van der Waals surface area contributed by atoms with Gasteiger partial charge in [-0.05, 0) is 26.8 Å². The molecular formula is C12H21N3S. The van der Waals surface area contributed by atoms with E-state index in [1.54, 1.807) is 11.3 Å². The first-order chi connectivity index (χ1) is 7.66. The van der Waals surface area contributed by atoms with Crippen LogP contribution < -0.4 is 5.73 Å². The Morgan fingerprint density at radius 3 is 2.88 bits per heavy atom. The summed E-state index contributed by atoms with van der Waals surface area (Å²) in [4.78, 5) is 6.88. The van der Waals surface area contributed by atoms with Gasteiger partial charge >= 0.3 is 0 Å². The van der Waals surface area contributed by atoms with E-state index in [0.29, 0.717) is 12.1 Å². The Hall–Kier alpha value is -0.450. The number of thiazole rings is 1. The zero-order valence-electron chi connectivity index (χ0n) is 10.1. The highest BCUT2D eigenvalue weighted by Crippen LogP contribution is 2.22. The van der Waals surface area contributed by atoms with Gasteiger partial charge in [0.15, 0.2) is 0 Å². The SMILES string of the molecule is Cc1nc(CN(C)C2CCCCC2N)cs1. The smallest absolute Gasteiger partial charge is 0.0897 e. The predicted molar refractivity (Wildman–Crippen MR) is 68.5 cm³/mol. The molecule has 2 N–H and O–H groups in total. The number of hydrogen-bond donors (Lipinski definition) is 1. The summed E-state index contributed by atoms with van der Waals surface area (Å²) < 4.78 is 0. The lowest BCUT2D eigenvalue weighted by molar-refractivity contribution is 0.161. The summed E-state index contributed by atoms with van der Waals surface area (Å²) in [5.74, 6) is 0. The van der Waals surface area contributed by atoms with Crippen molar-refractivity contribution >= 4 is 11.3 Å². The number of likely N-dealkylation sites (N-methyl/N-ethyl adjacent to an activating group) is 1. The van der Waals surface area contributed by atoms with Gasteiger partial charge < -0.3 is 5.73 Å². The highest BCUT2D eigenvalue weighted by Gasteiger charge is 2.25. The Morgan fingerprint density at radius 2 is 2.25 bits per heavy atom. The molecule has 1 fully saturated rings. The lowest BCUT2D eigenvalue weighted by Gasteiger charge is -2.35. The Kier molecular flexibility index (Phi) is 3.95. The second-order valence-corrected chi connectivity index (χ2v) is 5.85. The number of rotatable bonds is 3. The number of aryl methyl sites for hydroxylation is 1. The van der Waals surface area contributed by atoms with Crippen LogP contribution >= 0.6 is 11.3 Å². The van der Waals surface area contributed by atoms with E-state index in [1.807, 2.05) is 0 Å². The van der Waals surface area contributed by atoms with Gasteiger partial charge in [-0.3, -0.25) is 4.90 Å². The first-order valence-corrected chi connectivity index (χ1v) is 6.91. The van der Waals surface area contributed by atoms with Crippen LogP contribution in [0.4, 0.5) is 0 Å². The van der Waals surface area contributed by atoms with Crippen LogP contribution in [0.2, 0.25) is 0 Å². The number of nitrogens with zero attached hydrogens (tertiary/aromatic N) is 2. The molecule has 1 aliphatic carbocycles. The first-order valence-electron chi connectivity index (χ1n) is 6.03. The molecule has 1 heterocycles. The second kappa shape index (κ2) is 5.25. The first kappa shape index (κ1) is 12.0. The van der Waals surface area contributed by atoms with E-state index in [-0.39, 0.29) is 0 Å². The van der Waals surface area contributed by atoms with E-state index < -0.39 is 0 Å². The fraction of sp³-hybridized carbons (Fsp3) is 0.750. The van der Waals surface area contributed by atoms with Crippen molar-refractivity contribution in [2.45, 2.75) is 51.2 Å². The average molecular weight is 239 g/mol. The quantitative estimate of drug-likeness (QED) is 0.879. The summed E-state index contributed by atoms with van der Waals surface area (Å²) in [6, 6.07) is 0.884. The molecule has 2 unspecified atom stereocenters. The molecule has 0 aromatic carbocycles. The van der Waals surface area contributed by atoms with E-state index in [9.17, 15) is 0 Å². The molecule has 0 amide bonds. The Bertz CT molecular complexity index is 337. The van der Waals surface area contributed by atoms with Gasteiger partial charge in [-0.15, -0.1) is 11.3 Å². The van der Waals surface area contributed by atoms with E-state index in [2.05, 4.69) is 29.2 Å². The summed E-state index contributed by atoms with van der Waals surface area (Å²) >= 11 is 1.72. The van der Waals surface area contributed by atoms with E-state index in [1.165, 1.54) is 31.4 Å². The third-order valence-corrected chi connectivity index (χ3v) is 4.25. The maximum Gasteiger partial charge on any atom is 0.0897 e. The molecule has 2 rings (SSSR count). The van der Waals surface area contributed by atoms with Crippen molar-refractivity contribution in [1.82, 2.24) is 9.88 Å². The van der Waals surface area contributed by atoms with Crippen molar-refractivity contribution in [1.29, 1.82) is 0 Å². The van der Waals surface area contributed by atoms with Crippen LogP contribution in [-0.4, -0.2) is 29.0 Å². The van der Waals surface area contributed by atoms with Gasteiger partial charge in [-0.1, -0.05) is 12.8 Å². The Balaban J connectivity index is 1.93. The van der Waals surface area contributed by atoms with Crippen LogP contribution in [0.1, 0.15) is 36.4 Å². The summed E-state index contributed by atoms with van der Waals surface area (Å²) in [6.07, 6.45) is 5.02. The summed E-state index contributed by atoms with van der Waals surface area (Å²) in [5, 5.41) is 3.30. The largest absolute Gasteiger partial charge is 0.326 e. The zero-order valence-corrected chi connectivity index (χ0v) is 11.0. The third kappa shape index (κ3) is 2.81. The van der Waals surface area contributed by atoms with E-state index in [4.69, 9.17) is 5.73 Å². The third-order valence-electron chi connectivity index (χ3n) is 3.43. The van der Waals surface area contributed by atoms with Gasteiger partial charge in [0.25, 0.3) is 0 Å². The van der Waals surface area contributed by atoms with Crippen molar-refractivity contribution in [2.24, 2.45) is 5.73 Å². The van der Waals surface area contributed by atoms with E-state index in [0.717, 1.165) is 11.6 Å². The molecule has 4 heteroatoms. The lowest BCUT2D eigenvalue weighted by Crippen LogP contribution is -2.47. The van der Waals surface area contributed by atoms with Gasteiger partial charge in [0.05, 0.1) is 10.7 Å². The summed E-state index contributed by atoms with van der Waals surface area (Å²) in [5.41, 5.74) is 7.36. The van der Waals surface area contributed by atoms with Crippen LogP contribution in [0.3, 0.4) is 0 Å².